The minimum absolute atomic E-state index is 0.0479. The van der Waals surface area contributed by atoms with E-state index in [4.69, 9.17) is 10.8 Å². The zero-order valence-corrected chi connectivity index (χ0v) is 10.5. The summed E-state index contributed by atoms with van der Waals surface area (Å²) in [5.74, 6) is -1.20. The van der Waals surface area contributed by atoms with Crippen LogP contribution in [0.2, 0.25) is 0 Å². The van der Waals surface area contributed by atoms with Crippen molar-refractivity contribution in [2.24, 2.45) is 11.7 Å². The molecule has 6 heteroatoms. The van der Waals surface area contributed by atoms with E-state index in [1.54, 1.807) is 0 Å². The van der Waals surface area contributed by atoms with Gasteiger partial charge in [0.1, 0.15) is 0 Å². The number of hydrogen-bond acceptors (Lipinski definition) is 4. The predicted molar refractivity (Wildman–Crippen MR) is 69.8 cm³/mol. The average Bonchev–Trinajstić information content (AvgIpc) is 2.39. The van der Waals surface area contributed by atoms with Gasteiger partial charge < -0.3 is 16.2 Å². The van der Waals surface area contributed by atoms with Crippen molar-refractivity contribution in [3.05, 3.63) is 24.0 Å². The lowest BCUT2D eigenvalue weighted by atomic mass is 9.86. The van der Waals surface area contributed by atoms with Crippen LogP contribution in [0.25, 0.3) is 0 Å². The number of carboxylic acids is 1. The van der Waals surface area contributed by atoms with Gasteiger partial charge in [-0.2, -0.15) is 0 Å². The minimum atomic E-state index is -1.06. The van der Waals surface area contributed by atoms with E-state index in [0.29, 0.717) is 5.69 Å². The lowest BCUT2D eigenvalue weighted by Gasteiger charge is -2.25. The fourth-order valence-electron chi connectivity index (χ4n) is 2.25. The molecule has 2 rings (SSSR count). The molecular weight excluding hydrogens is 246 g/mol. The van der Waals surface area contributed by atoms with Crippen LogP contribution in [0.15, 0.2) is 18.5 Å². The van der Waals surface area contributed by atoms with Gasteiger partial charge in [-0.1, -0.05) is 0 Å². The van der Waals surface area contributed by atoms with Gasteiger partial charge in [0.15, 0.2) is 0 Å². The summed E-state index contributed by atoms with van der Waals surface area (Å²) in [7, 11) is 0. The van der Waals surface area contributed by atoms with E-state index < -0.39 is 5.97 Å². The van der Waals surface area contributed by atoms with E-state index in [9.17, 15) is 9.59 Å². The molecule has 0 saturated heterocycles. The van der Waals surface area contributed by atoms with Crippen molar-refractivity contribution in [3.63, 3.8) is 0 Å². The van der Waals surface area contributed by atoms with Crippen molar-refractivity contribution >= 4 is 17.6 Å². The Balaban J connectivity index is 1.98. The molecule has 0 radical (unpaired) electrons. The maximum Gasteiger partial charge on any atom is 0.337 e. The first-order valence-corrected chi connectivity index (χ1v) is 6.31. The number of nitrogens with one attached hydrogen (secondary N) is 1. The fraction of sp³-hybridized carbons (Fsp3) is 0.462. The van der Waals surface area contributed by atoms with Crippen molar-refractivity contribution in [3.8, 4) is 0 Å². The van der Waals surface area contributed by atoms with Crippen molar-refractivity contribution in [2.75, 3.05) is 5.32 Å². The number of nitrogens with zero attached hydrogens (tertiary/aromatic N) is 1. The average molecular weight is 263 g/mol. The number of amides is 1. The van der Waals surface area contributed by atoms with Crippen LogP contribution >= 0.6 is 0 Å². The van der Waals surface area contributed by atoms with Gasteiger partial charge in [0.2, 0.25) is 5.91 Å². The van der Waals surface area contributed by atoms with Gasteiger partial charge in [0.25, 0.3) is 0 Å². The SMILES string of the molecule is NC1CCC(C(=O)Nc2cncc(C(=O)O)c2)CC1. The van der Waals surface area contributed by atoms with Gasteiger partial charge >= 0.3 is 5.97 Å². The number of carbonyl (C=O) groups excluding carboxylic acids is 1. The van der Waals surface area contributed by atoms with Crippen molar-refractivity contribution in [2.45, 2.75) is 31.7 Å². The molecule has 4 N–H and O–H groups in total. The highest BCUT2D eigenvalue weighted by atomic mass is 16.4. The van der Waals surface area contributed by atoms with Crippen LogP contribution in [-0.2, 0) is 4.79 Å². The molecule has 1 aromatic rings. The summed E-state index contributed by atoms with van der Waals surface area (Å²) in [6, 6.07) is 1.60. The molecule has 0 atom stereocenters. The third kappa shape index (κ3) is 3.51. The molecule has 1 aromatic heterocycles. The molecule has 0 aromatic carbocycles. The van der Waals surface area contributed by atoms with Crippen LogP contribution in [0.5, 0.6) is 0 Å². The second-order valence-corrected chi connectivity index (χ2v) is 4.87. The summed E-state index contributed by atoms with van der Waals surface area (Å²) in [4.78, 5) is 26.6. The zero-order valence-electron chi connectivity index (χ0n) is 10.5. The molecule has 1 aliphatic rings. The number of aromatic carboxylic acids is 1. The molecule has 0 bridgehead atoms. The van der Waals surface area contributed by atoms with Gasteiger partial charge in [0, 0.05) is 18.2 Å². The lowest BCUT2D eigenvalue weighted by molar-refractivity contribution is -0.120. The van der Waals surface area contributed by atoms with Crippen LogP contribution < -0.4 is 11.1 Å². The first-order valence-electron chi connectivity index (χ1n) is 6.31. The number of pyridine rings is 1. The molecule has 6 nitrogen and oxygen atoms in total. The first-order chi connectivity index (χ1) is 9.06. The Labute approximate surface area is 111 Å². The highest BCUT2D eigenvalue weighted by molar-refractivity contribution is 5.94. The van der Waals surface area contributed by atoms with E-state index in [0.717, 1.165) is 25.7 Å². The van der Waals surface area contributed by atoms with E-state index >= 15 is 0 Å². The van der Waals surface area contributed by atoms with Crippen LogP contribution in [0.3, 0.4) is 0 Å². The summed E-state index contributed by atoms with van der Waals surface area (Å²) >= 11 is 0. The predicted octanol–water partition coefficient (Wildman–Crippen LogP) is 1.24. The maximum absolute atomic E-state index is 12.0. The minimum Gasteiger partial charge on any atom is -0.478 e. The van der Waals surface area contributed by atoms with Crippen LogP contribution in [0.1, 0.15) is 36.0 Å². The monoisotopic (exact) mass is 263 g/mol. The van der Waals surface area contributed by atoms with Gasteiger partial charge in [0.05, 0.1) is 17.4 Å². The summed E-state index contributed by atoms with van der Waals surface area (Å²) in [6.07, 6.45) is 5.95. The molecule has 19 heavy (non-hydrogen) atoms. The lowest BCUT2D eigenvalue weighted by Crippen LogP contribution is -2.32. The molecule has 1 heterocycles. The summed E-state index contributed by atoms with van der Waals surface area (Å²) in [6.45, 7) is 0. The molecule has 1 amide bonds. The summed E-state index contributed by atoms with van der Waals surface area (Å²) in [5, 5.41) is 11.6. The van der Waals surface area contributed by atoms with Crippen molar-refractivity contribution < 1.29 is 14.7 Å². The Morgan fingerprint density at radius 1 is 1.26 bits per heavy atom. The van der Waals surface area contributed by atoms with Crippen LogP contribution in [-0.4, -0.2) is 28.0 Å². The highest BCUT2D eigenvalue weighted by Crippen LogP contribution is 2.24. The first kappa shape index (κ1) is 13.5. The molecule has 1 aliphatic carbocycles. The topological polar surface area (TPSA) is 105 Å². The van der Waals surface area contributed by atoms with Crippen LogP contribution in [0, 0.1) is 5.92 Å². The zero-order chi connectivity index (χ0) is 13.8. The maximum atomic E-state index is 12.0. The number of hydrogen-bond donors (Lipinski definition) is 3. The number of nitrogens with two attached hydrogens (primary N) is 1. The number of rotatable bonds is 3. The van der Waals surface area contributed by atoms with Crippen LogP contribution in [0.4, 0.5) is 5.69 Å². The Kier molecular flexibility index (Phi) is 4.11. The standard InChI is InChI=1S/C13H17N3O3/c14-10-3-1-8(2-4-10)12(17)16-11-5-9(13(18)19)6-15-7-11/h5-8,10H,1-4,14H2,(H,16,17)(H,18,19). The smallest absolute Gasteiger partial charge is 0.337 e. The fourth-order valence-corrected chi connectivity index (χ4v) is 2.25. The normalized spacial score (nSPS) is 22.8. The van der Waals surface area contributed by atoms with E-state index in [1.807, 2.05) is 0 Å². The highest BCUT2D eigenvalue weighted by Gasteiger charge is 2.24. The van der Waals surface area contributed by atoms with E-state index in [-0.39, 0.29) is 23.4 Å². The second kappa shape index (κ2) is 5.79. The van der Waals surface area contributed by atoms with Gasteiger partial charge in [-0.05, 0) is 31.7 Å². The number of aromatic nitrogens is 1. The Morgan fingerprint density at radius 2 is 1.95 bits per heavy atom. The molecule has 1 saturated carbocycles. The number of carbonyl (C=O) groups is 2. The molecular formula is C13H17N3O3. The Bertz CT molecular complexity index is 482. The molecule has 1 fully saturated rings. The third-order valence-electron chi connectivity index (χ3n) is 3.40. The molecule has 0 aliphatic heterocycles. The molecule has 0 spiro atoms. The van der Waals surface area contributed by atoms with Crippen molar-refractivity contribution in [1.29, 1.82) is 0 Å². The summed E-state index contributed by atoms with van der Waals surface area (Å²) < 4.78 is 0. The largest absolute Gasteiger partial charge is 0.478 e. The number of carboxylic acid groups (broad SMARTS) is 1. The molecule has 0 unspecified atom stereocenters. The van der Waals surface area contributed by atoms with Gasteiger partial charge in [-0.15, -0.1) is 0 Å². The quantitative estimate of drug-likeness (QED) is 0.760. The van der Waals surface area contributed by atoms with Gasteiger partial charge in [-0.3, -0.25) is 9.78 Å². The summed E-state index contributed by atoms with van der Waals surface area (Å²) in [5.41, 5.74) is 6.27. The van der Waals surface area contributed by atoms with Crippen molar-refractivity contribution in [1.82, 2.24) is 4.98 Å². The third-order valence-corrected chi connectivity index (χ3v) is 3.40. The van der Waals surface area contributed by atoms with E-state index in [1.165, 1.54) is 18.5 Å². The Morgan fingerprint density at radius 3 is 2.58 bits per heavy atom. The second-order valence-electron chi connectivity index (χ2n) is 4.87. The number of anilines is 1. The van der Waals surface area contributed by atoms with E-state index in [2.05, 4.69) is 10.3 Å². The molecule has 102 valence electrons. The Hall–Kier alpha value is -1.95. The van der Waals surface area contributed by atoms with Gasteiger partial charge in [-0.25, -0.2) is 4.79 Å².